The Morgan fingerprint density at radius 2 is 1.77 bits per heavy atom. The van der Waals surface area contributed by atoms with Crippen LogP contribution in [0, 0.1) is 6.92 Å². The molecule has 4 rings (SSSR count). The third-order valence-electron chi connectivity index (χ3n) is 4.07. The molecule has 2 aromatic heterocycles. The van der Waals surface area contributed by atoms with Gasteiger partial charge in [-0.1, -0.05) is 30.3 Å². The Kier molecular flexibility index (Phi) is 3.89. The molecule has 0 atom stereocenters. The van der Waals surface area contributed by atoms with E-state index in [9.17, 15) is 9.90 Å². The van der Waals surface area contributed by atoms with E-state index >= 15 is 0 Å². The third-order valence-corrected chi connectivity index (χ3v) is 4.07. The number of hydrogen-bond acceptors (Lipinski definition) is 4. The van der Waals surface area contributed by atoms with Crippen LogP contribution in [0.2, 0.25) is 0 Å². The topological polar surface area (TPSA) is 68.3 Å². The van der Waals surface area contributed by atoms with Crippen molar-refractivity contribution in [3.63, 3.8) is 0 Å². The molecule has 1 N–H and O–H groups in total. The molecule has 0 bridgehead atoms. The van der Waals surface area contributed by atoms with Crippen LogP contribution in [0.4, 0.5) is 0 Å². The maximum atomic E-state index is 13.1. The number of nitrogens with zero attached hydrogens (tertiary/aromatic N) is 2. The van der Waals surface area contributed by atoms with E-state index in [-0.39, 0.29) is 17.0 Å². The fourth-order valence-corrected chi connectivity index (χ4v) is 2.85. The third kappa shape index (κ3) is 2.80. The minimum Gasteiger partial charge on any atom is -0.504 e. The molecule has 0 fully saturated rings. The fraction of sp³-hybridized carbons (Fsp3) is 0.0476. The number of rotatable bonds is 3. The molecule has 0 radical (unpaired) electrons. The summed E-state index contributed by atoms with van der Waals surface area (Å²) in [6.07, 6.45) is 1.34. The second-order valence-corrected chi connectivity index (χ2v) is 5.90. The summed E-state index contributed by atoms with van der Waals surface area (Å²) in [6, 6.07) is 20.1. The van der Waals surface area contributed by atoms with Gasteiger partial charge in [0.25, 0.3) is 5.56 Å². The molecule has 0 aliphatic heterocycles. The summed E-state index contributed by atoms with van der Waals surface area (Å²) in [4.78, 5) is 17.5. The molecule has 0 amide bonds. The molecule has 0 unspecified atom stereocenters. The van der Waals surface area contributed by atoms with Crippen molar-refractivity contribution in [2.45, 2.75) is 6.92 Å². The fourth-order valence-electron chi connectivity index (χ4n) is 2.85. The summed E-state index contributed by atoms with van der Waals surface area (Å²) in [5.41, 5.74) is 1.92. The van der Waals surface area contributed by atoms with Crippen molar-refractivity contribution in [2.24, 2.45) is 0 Å². The molecule has 0 saturated heterocycles. The monoisotopic (exact) mass is 344 g/mol. The van der Waals surface area contributed by atoms with Crippen LogP contribution >= 0.6 is 0 Å². The van der Waals surface area contributed by atoms with Crippen LogP contribution in [0.5, 0.6) is 0 Å². The van der Waals surface area contributed by atoms with Gasteiger partial charge in [-0.25, -0.2) is 4.98 Å². The lowest BCUT2D eigenvalue weighted by molar-refractivity contribution is 0.451. The van der Waals surface area contributed by atoms with Crippen LogP contribution in [0.1, 0.15) is 17.2 Å². The Morgan fingerprint density at radius 1 is 1.04 bits per heavy atom. The quantitative estimate of drug-likeness (QED) is 0.561. The summed E-state index contributed by atoms with van der Waals surface area (Å²) in [7, 11) is 0. The number of hydrogen-bond donors (Lipinski definition) is 1. The van der Waals surface area contributed by atoms with Crippen LogP contribution < -0.4 is 5.56 Å². The zero-order valence-electron chi connectivity index (χ0n) is 14.1. The Labute approximate surface area is 149 Å². The first-order valence-corrected chi connectivity index (χ1v) is 8.18. The van der Waals surface area contributed by atoms with Gasteiger partial charge in [-0.05, 0) is 43.3 Å². The minimum atomic E-state index is -0.315. The highest BCUT2D eigenvalue weighted by molar-refractivity contribution is 5.80. The van der Waals surface area contributed by atoms with Crippen molar-refractivity contribution in [1.82, 2.24) is 9.55 Å². The number of aromatic nitrogens is 2. The molecular weight excluding hydrogens is 328 g/mol. The molecule has 128 valence electrons. The maximum Gasteiger partial charge on any atom is 0.281 e. The highest BCUT2D eigenvalue weighted by atomic mass is 16.4. The van der Waals surface area contributed by atoms with Crippen molar-refractivity contribution in [1.29, 1.82) is 0 Å². The first-order valence-electron chi connectivity index (χ1n) is 8.18. The number of para-hydroxylation sites is 3. The van der Waals surface area contributed by atoms with Crippen molar-refractivity contribution in [3.8, 4) is 5.69 Å². The van der Waals surface area contributed by atoms with E-state index < -0.39 is 0 Å². The van der Waals surface area contributed by atoms with Crippen molar-refractivity contribution < 1.29 is 9.52 Å². The van der Waals surface area contributed by atoms with Gasteiger partial charge < -0.3 is 9.52 Å². The van der Waals surface area contributed by atoms with Crippen LogP contribution in [-0.4, -0.2) is 14.7 Å². The largest absolute Gasteiger partial charge is 0.504 e. The Balaban J connectivity index is 1.97. The van der Waals surface area contributed by atoms with Gasteiger partial charge in [0, 0.05) is 11.8 Å². The van der Waals surface area contributed by atoms with E-state index in [4.69, 9.17) is 4.42 Å². The average molecular weight is 344 g/mol. The summed E-state index contributed by atoms with van der Waals surface area (Å²) in [5.74, 6) is 0.828. The van der Waals surface area contributed by atoms with Gasteiger partial charge in [0.2, 0.25) is 0 Å². The number of fused-ring (bicyclic) bond motifs is 1. The summed E-state index contributed by atoms with van der Waals surface area (Å²) >= 11 is 0. The number of furan rings is 1. The SMILES string of the molecule is Cc1ccc(/C(O)=C/c2nc3ccccc3n(-c3ccccc3)c2=O)o1. The lowest BCUT2D eigenvalue weighted by Gasteiger charge is -2.11. The molecule has 0 aliphatic carbocycles. The molecule has 26 heavy (non-hydrogen) atoms. The Morgan fingerprint density at radius 3 is 2.50 bits per heavy atom. The molecule has 4 aromatic rings. The van der Waals surface area contributed by atoms with Crippen LogP contribution in [0.15, 0.2) is 75.9 Å². The predicted octanol–water partition coefficient (Wildman–Crippen LogP) is 4.34. The zero-order valence-corrected chi connectivity index (χ0v) is 14.1. The molecule has 2 aromatic carbocycles. The summed E-state index contributed by atoms with van der Waals surface area (Å²) in [6.45, 7) is 1.79. The molecule has 0 aliphatic rings. The first-order chi connectivity index (χ1) is 12.6. The smallest absolute Gasteiger partial charge is 0.281 e. The molecular formula is C21H16N2O3. The average Bonchev–Trinajstić information content (AvgIpc) is 3.10. The van der Waals surface area contributed by atoms with E-state index in [0.717, 1.165) is 5.69 Å². The summed E-state index contributed by atoms with van der Waals surface area (Å²) in [5, 5.41) is 10.3. The van der Waals surface area contributed by atoms with Gasteiger partial charge in [-0.15, -0.1) is 0 Å². The van der Waals surface area contributed by atoms with Gasteiger partial charge in [0.05, 0.1) is 11.0 Å². The van der Waals surface area contributed by atoms with E-state index in [2.05, 4.69) is 4.98 Å². The predicted molar refractivity (Wildman–Crippen MR) is 101 cm³/mol. The van der Waals surface area contributed by atoms with Crippen molar-refractivity contribution in [2.75, 3.05) is 0 Å². The van der Waals surface area contributed by atoms with E-state index in [0.29, 0.717) is 22.6 Å². The first kappa shape index (κ1) is 15.9. The van der Waals surface area contributed by atoms with E-state index in [1.165, 1.54) is 6.08 Å². The zero-order chi connectivity index (χ0) is 18.1. The summed E-state index contributed by atoms with van der Waals surface area (Å²) < 4.78 is 7.00. The van der Waals surface area contributed by atoms with E-state index in [1.54, 1.807) is 23.6 Å². The Bertz CT molecular complexity index is 1170. The van der Waals surface area contributed by atoms with Crippen LogP contribution in [0.25, 0.3) is 28.6 Å². The molecule has 5 heteroatoms. The molecule has 2 heterocycles. The Hall–Kier alpha value is -3.60. The lowest BCUT2D eigenvalue weighted by Crippen LogP contribution is -2.22. The molecule has 5 nitrogen and oxygen atoms in total. The number of aliphatic hydroxyl groups is 1. The second kappa shape index (κ2) is 6.37. The highest BCUT2D eigenvalue weighted by Gasteiger charge is 2.13. The second-order valence-electron chi connectivity index (χ2n) is 5.90. The van der Waals surface area contributed by atoms with Gasteiger partial charge >= 0.3 is 0 Å². The van der Waals surface area contributed by atoms with Crippen molar-refractivity contribution in [3.05, 3.63) is 94.3 Å². The van der Waals surface area contributed by atoms with Crippen LogP contribution in [-0.2, 0) is 0 Å². The van der Waals surface area contributed by atoms with Gasteiger partial charge in [-0.2, -0.15) is 0 Å². The normalized spacial score (nSPS) is 11.8. The minimum absolute atomic E-state index is 0.138. The van der Waals surface area contributed by atoms with Crippen molar-refractivity contribution >= 4 is 22.9 Å². The molecule has 0 saturated carbocycles. The number of aryl methyl sites for hydroxylation is 1. The lowest BCUT2D eigenvalue weighted by atomic mass is 10.2. The highest BCUT2D eigenvalue weighted by Crippen LogP contribution is 2.19. The standard InChI is InChI=1S/C21H16N2O3/c1-14-11-12-20(26-14)19(24)13-17-21(25)23(15-7-3-2-4-8-15)18-10-6-5-9-16(18)22-17/h2-13,24H,1H3/b19-13-. The van der Waals surface area contributed by atoms with Gasteiger partial charge in [0.15, 0.2) is 11.5 Å². The number of benzene rings is 2. The molecule has 0 spiro atoms. The van der Waals surface area contributed by atoms with E-state index in [1.807, 2.05) is 54.6 Å². The van der Waals surface area contributed by atoms with Gasteiger partial charge in [-0.3, -0.25) is 9.36 Å². The van der Waals surface area contributed by atoms with Crippen LogP contribution in [0.3, 0.4) is 0 Å². The maximum absolute atomic E-state index is 13.1. The van der Waals surface area contributed by atoms with Gasteiger partial charge in [0.1, 0.15) is 11.5 Å². The number of aliphatic hydroxyl groups excluding tert-OH is 1.